The summed E-state index contributed by atoms with van der Waals surface area (Å²) in [6, 6.07) is 0. The first-order valence-corrected chi connectivity index (χ1v) is 6.41. The van der Waals surface area contributed by atoms with E-state index in [-0.39, 0.29) is 12.1 Å². The number of hydrogen-bond donors (Lipinski definition) is 0. The SMILES string of the molecule is CC=C1CCC2[C@@H](OC(C)=O)CCC[C@]12C. The molecule has 2 aliphatic carbocycles. The van der Waals surface area contributed by atoms with E-state index >= 15 is 0 Å². The Morgan fingerprint density at radius 3 is 2.88 bits per heavy atom. The Kier molecular flexibility index (Phi) is 3.09. The lowest BCUT2D eigenvalue weighted by atomic mass is 9.66. The van der Waals surface area contributed by atoms with Crippen LogP contribution >= 0.6 is 0 Å². The Morgan fingerprint density at radius 1 is 1.50 bits per heavy atom. The van der Waals surface area contributed by atoms with Crippen LogP contribution in [-0.4, -0.2) is 12.1 Å². The molecule has 2 heteroatoms. The molecule has 2 rings (SSSR count). The van der Waals surface area contributed by atoms with E-state index in [1.165, 1.54) is 32.6 Å². The summed E-state index contributed by atoms with van der Waals surface area (Å²) >= 11 is 0. The smallest absolute Gasteiger partial charge is 0.302 e. The number of rotatable bonds is 1. The molecule has 0 radical (unpaired) electrons. The molecule has 0 N–H and O–H groups in total. The summed E-state index contributed by atoms with van der Waals surface area (Å²) in [6.45, 7) is 6.02. The zero-order valence-corrected chi connectivity index (χ0v) is 10.6. The van der Waals surface area contributed by atoms with E-state index in [1.54, 1.807) is 5.57 Å². The molecule has 0 bridgehead atoms. The number of allylic oxidation sites excluding steroid dienone is 2. The number of carbonyl (C=O) groups excluding carboxylic acids is 1. The molecule has 0 aromatic heterocycles. The average Bonchev–Trinajstić information content (AvgIpc) is 2.54. The minimum atomic E-state index is -0.122. The van der Waals surface area contributed by atoms with Crippen LogP contribution in [0.25, 0.3) is 0 Å². The fourth-order valence-corrected chi connectivity index (χ4v) is 3.80. The maximum absolute atomic E-state index is 11.1. The second kappa shape index (κ2) is 4.23. The van der Waals surface area contributed by atoms with Crippen LogP contribution in [0.2, 0.25) is 0 Å². The number of ether oxygens (including phenoxy) is 1. The molecule has 0 heterocycles. The van der Waals surface area contributed by atoms with Crippen molar-refractivity contribution in [3.05, 3.63) is 11.6 Å². The fraction of sp³-hybridized carbons (Fsp3) is 0.786. The zero-order valence-electron chi connectivity index (χ0n) is 10.6. The highest BCUT2D eigenvalue weighted by Crippen LogP contribution is 2.55. The first-order valence-electron chi connectivity index (χ1n) is 6.41. The highest BCUT2D eigenvalue weighted by Gasteiger charge is 2.49. The predicted octanol–water partition coefficient (Wildman–Crippen LogP) is 3.46. The Bertz CT molecular complexity index is 319. The highest BCUT2D eigenvalue weighted by atomic mass is 16.5. The summed E-state index contributed by atoms with van der Waals surface area (Å²) in [4.78, 5) is 11.1. The molecular weight excluding hydrogens is 200 g/mol. The van der Waals surface area contributed by atoms with Crippen molar-refractivity contribution in [3.63, 3.8) is 0 Å². The lowest BCUT2D eigenvalue weighted by molar-refractivity contribution is -0.153. The van der Waals surface area contributed by atoms with Gasteiger partial charge < -0.3 is 4.74 Å². The summed E-state index contributed by atoms with van der Waals surface area (Å²) in [6.07, 6.45) is 8.31. The van der Waals surface area contributed by atoms with Crippen LogP contribution in [0.4, 0.5) is 0 Å². The highest BCUT2D eigenvalue weighted by molar-refractivity contribution is 5.66. The van der Waals surface area contributed by atoms with Gasteiger partial charge in [0.25, 0.3) is 0 Å². The fourth-order valence-electron chi connectivity index (χ4n) is 3.80. The number of hydrogen-bond acceptors (Lipinski definition) is 2. The van der Waals surface area contributed by atoms with Crippen molar-refractivity contribution >= 4 is 5.97 Å². The molecule has 2 fully saturated rings. The topological polar surface area (TPSA) is 26.3 Å². The van der Waals surface area contributed by atoms with E-state index in [2.05, 4.69) is 19.9 Å². The molecule has 3 atom stereocenters. The molecule has 2 nitrogen and oxygen atoms in total. The van der Waals surface area contributed by atoms with E-state index in [0.29, 0.717) is 11.3 Å². The molecule has 2 aliphatic rings. The van der Waals surface area contributed by atoms with Crippen molar-refractivity contribution in [3.8, 4) is 0 Å². The van der Waals surface area contributed by atoms with Gasteiger partial charge in [-0.05, 0) is 44.4 Å². The molecular formula is C14H22O2. The predicted molar refractivity (Wildman–Crippen MR) is 64.0 cm³/mol. The van der Waals surface area contributed by atoms with Crippen molar-refractivity contribution in [2.45, 2.75) is 59.0 Å². The molecule has 0 saturated heterocycles. The van der Waals surface area contributed by atoms with Gasteiger partial charge in [-0.1, -0.05) is 18.6 Å². The minimum absolute atomic E-state index is 0.122. The van der Waals surface area contributed by atoms with Crippen LogP contribution in [0, 0.1) is 11.3 Å². The normalized spacial score (nSPS) is 40.8. The molecule has 0 aliphatic heterocycles. The molecule has 2 saturated carbocycles. The lowest BCUT2D eigenvalue weighted by Crippen LogP contribution is -2.39. The van der Waals surface area contributed by atoms with Gasteiger partial charge in [0.1, 0.15) is 6.10 Å². The largest absolute Gasteiger partial charge is 0.462 e. The minimum Gasteiger partial charge on any atom is -0.462 e. The van der Waals surface area contributed by atoms with Crippen molar-refractivity contribution in [2.24, 2.45) is 11.3 Å². The molecule has 0 aromatic carbocycles. The van der Waals surface area contributed by atoms with Crippen LogP contribution in [-0.2, 0) is 9.53 Å². The van der Waals surface area contributed by atoms with Crippen LogP contribution in [0.5, 0.6) is 0 Å². The third-order valence-corrected chi connectivity index (χ3v) is 4.58. The Hall–Kier alpha value is -0.790. The molecule has 16 heavy (non-hydrogen) atoms. The maximum atomic E-state index is 11.1. The van der Waals surface area contributed by atoms with Crippen LogP contribution in [0.1, 0.15) is 52.9 Å². The number of fused-ring (bicyclic) bond motifs is 1. The van der Waals surface area contributed by atoms with Gasteiger partial charge in [0.05, 0.1) is 0 Å². The van der Waals surface area contributed by atoms with Crippen molar-refractivity contribution in [1.82, 2.24) is 0 Å². The zero-order chi connectivity index (χ0) is 11.8. The van der Waals surface area contributed by atoms with Gasteiger partial charge in [0.2, 0.25) is 0 Å². The van der Waals surface area contributed by atoms with Gasteiger partial charge in [-0.25, -0.2) is 0 Å². The van der Waals surface area contributed by atoms with Crippen LogP contribution < -0.4 is 0 Å². The van der Waals surface area contributed by atoms with Gasteiger partial charge in [-0.2, -0.15) is 0 Å². The third kappa shape index (κ3) is 1.79. The van der Waals surface area contributed by atoms with Gasteiger partial charge in [-0.3, -0.25) is 4.79 Å². The van der Waals surface area contributed by atoms with Gasteiger partial charge in [0, 0.05) is 12.8 Å². The second-order valence-electron chi connectivity index (χ2n) is 5.42. The molecule has 1 unspecified atom stereocenters. The van der Waals surface area contributed by atoms with Gasteiger partial charge in [0.15, 0.2) is 0 Å². The Balaban J connectivity index is 2.19. The van der Waals surface area contributed by atoms with Crippen molar-refractivity contribution < 1.29 is 9.53 Å². The molecule has 90 valence electrons. The van der Waals surface area contributed by atoms with Gasteiger partial charge in [-0.15, -0.1) is 0 Å². The standard InChI is InChI=1S/C14H22O2/c1-4-11-7-8-12-13(16-10(2)15)6-5-9-14(11,12)3/h4,12-13H,5-9H2,1-3H3/t12?,13-,14+/m0/s1. The van der Waals surface area contributed by atoms with Crippen molar-refractivity contribution in [1.29, 1.82) is 0 Å². The lowest BCUT2D eigenvalue weighted by Gasteiger charge is -2.42. The Morgan fingerprint density at radius 2 is 2.25 bits per heavy atom. The van der Waals surface area contributed by atoms with Crippen LogP contribution in [0.15, 0.2) is 11.6 Å². The average molecular weight is 222 g/mol. The molecule has 0 amide bonds. The Labute approximate surface area is 98.1 Å². The van der Waals surface area contributed by atoms with E-state index in [4.69, 9.17) is 4.74 Å². The van der Waals surface area contributed by atoms with E-state index in [9.17, 15) is 4.79 Å². The maximum Gasteiger partial charge on any atom is 0.302 e. The monoisotopic (exact) mass is 222 g/mol. The quantitative estimate of drug-likeness (QED) is 0.501. The van der Waals surface area contributed by atoms with Gasteiger partial charge >= 0.3 is 5.97 Å². The first-order chi connectivity index (χ1) is 7.58. The molecule has 0 aromatic rings. The third-order valence-electron chi connectivity index (χ3n) is 4.58. The summed E-state index contributed by atoms with van der Waals surface area (Å²) < 4.78 is 5.50. The van der Waals surface area contributed by atoms with Crippen LogP contribution in [0.3, 0.4) is 0 Å². The number of esters is 1. The summed E-state index contributed by atoms with van der Waals surface area (Å²) in [5.41, 5.74) is 1.88. The van der Waals surface area contributed by atoms with E-state index < -0.39 is 0 Å². The summed E-state index contributed by atoms with van der Waals surface area (Å²) in [5.74, 6) is 0.430. The first kappa shape index (κ1) is 11.7. The number of carbonyl (C=O) groups is 1. The summed E-state index contributed by atoms with van der Waals surface area (Å²) in [5, 5.41) is 0. The second-order valence-corrected chi connectivity index (χ2v) is 5.42. The summed E-state index contributed by atoms with van der Waals surface area (Å²) in [7, 11) is 0. The molecule has 0 spiro atoms. The van der Waals surface area contributed by atoms with Crippen molar-refractivity contribution in [2.75, 3.05) is 0 Å². The van der Waals surface area contributed by atoms with E-state index in [0.717, 1.165) is 6.42 Å². The van der Waals surface area contributed by atoms with E-state index in [1.807, 2.05) is 0 Å².